The molecule has 0 aliphatic carbocycles. The highest BCUT2D eigenvalue weighted by Crippen LogP contribution is 2.40. The molecule has 0 spiro atoms. The number of ether oxygens (including phenoxy) is 2. The first-order chi connectivity index (χ1) is 24.2. The maximum absolute atomic E-state index is 15.5. The molecule has 2 aliphatic heterocycles. The molecule has 10 nitrogen and oxygen atoms in total. The molecule has 2 aromatic carbocycles. The van der Waals surface area contributed by atoms with E-state index < -0.39 is 58.7 Å². The van der Waals surface area contributed by atoms with Crippen LogP contribution in [-0.2, 0) is 27.0 Å². The minimum atomic E-state index is -4.67. The van der Waals surface area contributed by atoms with Gasteiger partial charge in [-0.1, -0.05) is 37.6 Å². The second kappa shape index (κ2) is 15.5. The molecule has 0 radical (unpaired) electrons. The van der Waals surface area contributed by atoms with Crippen molar-refractivity contribution in [3.8, 4) is 16.9 Å². The second-order valence-corrected chi connectivity index (χ2v) is 12.5. The summed E-state index contributed by atoms with van der Waals surface area (Å²) in [6, 6.07) is 8.70. The van der Waals surface area contributed by atoms with Gasteiger partial charge in [0, 0.05) is 60.3 Å². The van der Waals surface area contributed by atoms with Crippen molar-refractivity contribution in [2.24, 2.45) is 0 Å². The lowest BCUT2D eigenvalue weighted by atomic mass is 9.84. The van der Waals surface area contributed by atoms with Crippen LogP contribution in [0.5, 0.6) is 5.75 Å². The van der Waals surface area contributed by atoms with E-state index in [9.17, 15) is 27.9 Å². The van der Waals surface area contributed by atoms with Crippen molar-refractivity contribution in [1.29, 1.82) is 0 Å². The van der Waals surface area contributed by atoms with E-state index in [1.54, 1.807) is 13.8 Å². The van der Waals surface area contributed by atoms with Crippen LogP contribution in [0.15, 0.2) is 60.0 Å². The fraction of sp³-hybridized carbons (Fsp3) is 0.400. The maximum Gasteiger partial charge on any atom is 0.433 e. The third-order valence-electron chi connectivity index (χ3n) is 9.31. The van der Waals surface area contributed by atoms with Crippen LogP contribution in [0.25, 0.3) is 11.1 Å². The number of anilines is 1. The predicted molar refractivity (Wildman–Crippen MR) is 179 cm³/mol. The molecular weight excluding hydrogens is 701 g/mol. The molecule has 1 fully saturated rings. The summed E-state index contributed by atoms with van der Waals surface area (Å²) in [5.41, 5.74) is -2.84. The van der Waals surface area contributed by atoms with Crippen LogP contribution in [0.1, 0.15) is 37.9 Å². The van der Waals surface area contributed by atoms with Gasteiger partial charge in [0.15, 0.2) is 11.6 Å². The number of nitrogens with one attached hydrogen (secondary N) is 1. The first kappa shape index (κ1) is 37.9. The van der Waals surface area contributed by atoms with Gasteiger partial charge in [-0.05, 0) is 43.2 Å². The molecule has 3 heterocycles. The fourth-order valence-corrected chi connectivity index (χ4v) is 6.43. The highest BCUT2D eigenvalue weighted by molar-refractivity contribution is 6.31. The first-order valence-electron chi connectivity index (χ1n) is 16.2. The maximum atomic E-state index is 15.5. The van der Waals surface area contributed by atoms with E-state index in [1.807, 2.05) is 0 Å². The molecular formula is C35H37ClF5N5O5. The average molecular weight is 738 g/mol. The number of hydrazine groups is 1. The SMILES string of the molecule is CCC1(CC)C(O)=C(C(=O)Nc2ccc(Cl)cc2-c2ccc(C(F)(F)F)nc2)C(=O)N(Cc2ccc(OCCN3CCOCC3)c(F)c2F)N1C. The smallest absolute Gasteiger partial charge is 0.433 e. The Balaban J connectivity index is 1.42. The van der Waals surface area contributed by atoms with Gasteiger partial charge in [-0.3, -0.25) is 24.5 Å². The Labute approximate surface area is 296 Å². The van der Waals surface area contributed by atoms with Crippen molar-refractivity contribution in [2.45, 2.75) is 44.9 Å². The summed E-state index contributed by atoms with van der Waals surface area (Å²) in [5, 5.41) is 16.8. The second-order valence-electron chi connectivity index (χ2n) is 12.1. The topological polar surface area (TPSA) is 107 Å². The summed E-state index contributed by atoms with van der Waals surface area (Å²) < 4.78 is 81.0. The van der Waals surface area contributed by atoms with Gasteiger partial charge in [0.25, 0.3) is 11.8 Å². The molecule has 0 unspecified atom stereocenters. The highest BCUT2D eigenvalue weighted by atomic mass is 35.5. The quantitative estimate of drug-likeness (QED) is 0.167. The van der Waals surface area contributed by atoms with Gasteiger partial charge in [0.1, 0.15) is 23.6 Å². The number of aromatic nitrogens is 1. The molecule has 5 rings (SSSR count). The number of carbonyl (C=O) groups excluding carboxylic acids is 2. The molecule has 2 amide bonds. The van der Waals surface area contributed by atoms with Crippen LogP contribution in [0.3, 0.4) is 0 Å². The van der Waals surface area contributed by atoms with E-state index in [2.05, 4.69) is 15.2 Å². The third-order valence-corrected chi connectivity index (χ3v) is 9.55. The molecule has 0 bridgehead atoms. The van der Waals surface area contributed by atoms with Gasteiger partial charge in [-0.25, -0.2) is 9.40 Å². The summed E-state index contributed by atoms with van der Waals surface area (Å²) in [4.78, 5) is 33.5. The number of hydrogen-bond acceptors (Lipinski definition) is 8. The fourth-order valence-electron chi connectivity index (χ4n) is 6.25. The molecule has 274 valence electrons. The van der Waals surface area contributed by atoms with Crippen LogP contribution in [0.4, 0.5) is 27.6 Å². The zero-order valence-corrected chi connectivity index (χ0v) is 28.9. The third kappa shape index (κ3) is 7.81. The Hall–Kier alpha value is -4.31. The zero-order chi connectivity index (χ0) is 37.1. The number of aliphatic hydroxyl groups excluding tert-OH is 1. The van der Waals surface area contributed by atoms with Gasteiger partial charge < -0.3 is 19.9 Å². The number of alkyl halides is 3. The first-order valence-corrected chi connectivity index (χ1v) is 16.6. The number of amides is 2. The Bertz CT molecular complexity index is 1800. The Morgan fingerprint density at radius 2 is 1.78 bits per heavy atom. The average Bonchev–Trinajstić information content (AvgIpc) is 3.11. The summed E-state index contributed by atoms with van der Waals surface area (Å²) in [7, 11) is 1.50. The van der Waals surface area contributed by atoms with Crippen LogP contribution in [0, 0.1) is 11.6 Å². The van der Waals surface area contributed by atoms with Crippen molar-refractivity contribution in [1.82, 2.24) is 19.9 Å². The lowest BCUT2D eigenvalue weighted by molar-refractivity contribution is -0.164. The minimum absolute atomic E-state index is 0.0560. The molecule has 2 N–H and O–H groups in total. The number of benzene rings is 2. The van der Waals surface area contributed by atoms with E-state index in [0.29, 0.717) is 32.8 Å². The molecule has 1 aromatic heterocycles. The zero-order valence-electron chi connectivity index (χ0n) is 28.1. The molecule has 2 aliphatic rings. The summed E-state index contributed by atoms with van der Waals surface area (Å²) >= 11 is 6.18. The van der Waals surface area contributed by atoms with Gasteiger partial charge in [-0.2, -0.15) is 17.6 Å². The summed E-state index contributed by atoms with van der Waals surface area (Å²) in [6.07, 6.45) is -3.28. The molecule has 0 saturated carbocycles. The van der Waals surface area contributed by atoms with Gasteiger partial charge >= 0.3 is 6.18 Å². The van der Waals surface area contributed by atoms with Crippen LogP contribution < -0.4 is 10.1 Å². The monoisotopic (exact) mass is 737 g/mol. The van der Waals surface area contributed by atoms with E-state index in [1.165, 1.54) is 42.4 Å². The number of nitrogens with zero attached hydrogens (tertiary/aromatic N) is 4. The lowest BCUT2D eigenvalue weighted by Gasteiger charge is -2.49. The van der Waals surface area contributed by atoms with Gasteiger partial charge in [-0.15, -0.1) is 0 Å². The van der Waals surface area contributed by atoms with E-state index in [0.717, 1.165) is 23.3 Å². The largest absolute Gasteiger partial charge is 0.509 e. The van der Waals surface area contributed by atoms with E-state index in [-0.39, 0.29) is 52.6 Å². The van der Waals surface area contributed by atoms with E-state index in [4.69, 9.17) is 21.1 Å². The van der Waals surface area contributed by atoms with Crippen molar-refractivity contribution >= 4 is 29.1 Å². The molecule has 1 saturated heterocycles. The number of halogens is 6. The van der Waals surface area contributed by atoms with Gasteiger partial charge in [0.2, 0.25) is 5.82 Å². The van der Waals surface area contributed by atoms with Gasteiger partial charge in [0.05, 0.1) is 25.3 Å². The summed E-state index contributed by atoms with van der Waals surface area (Å²) in [6.45, 7) is 6.15. The van der Waals surface area contributed by atoms with Crippen molar-refractivity contribution in [3.05, 3.63) is 87.9 Å². The van der Waals surface area contributed by atoms with Crippen molar-refractivity contribution in [3.63, 3.8) is 0 Å². The Morgan fingerprint density at radius 3 is 2.41 bits per heavy atom. The number of likely N-dealkylation sites (N-methyl/N-ethyl adjacent to an activating group) is 1. The molecule has 3 aromatic rings. The Kier molecular flexibility index (Phi) is 11.5. The molecule has 0 atom stereocenters. The number of carbonyl (C=O) groups is 2. The van der Waals surface area contributed by atoms with Crippen LogP contribution in [0.2, 0.25) is 5.02 Å². The van der Waals surface area contributed by atoms with Crippen molar-refractivity contribution < 1.29 is 46.1 Å². The standard InChI is InChI=1S/C35H37ClF5N5O5/c1-4-34(5-2)31(47)28(32(48)43-25-9-8-23(36)18-24(25)21-7-11-27(42-19-21)35(39,40)41)33(49)46(44(34)3)20-22-6-10-26(30(38)29(22)37)51-17-14-45-12-15-50-16-13-45/h6-11,18-19,47H,4-5,12-17,20H2,1-3H3,(H,43,48). The normalized spacial score (nSPS) is 17.2. The predicted octanol–water partition coefficient (Wildman–Crippen LogP) is 6.61. The number of aliphatic hydroxyl groups is 1. The Morgan fingerprint density at radius 1 is 1.08 bits per heavy atom. The molecule has 16 heteroatoms. The van der Waals surface area contributed by atoms with Crippen molar-refractivity contribution in [2.75, 3.05) is 51.8 Å². The number of rotatable bonds is 11. The lowest BCUT2D eigenvalue weighted by Crippen LogP contribution is -2.62. The summed E-state index contributed by atoms with van der Waals surface area (Å²) in [5.74, 6) is -5.33. The number of hydrogen-bond donors (Lipinski definition) is 2. The minimum Gasteiger partial charge on any atom is -0.509 e. The number of morpholine rings is 1. The van der Waals surface area contributed by atoms with Crippen LogP contribution >= 0.6 is 11.6 Å². The highest BCUT2D eigenvalue weighted by Gasteiger charge is 2.50. The van der Waals surface area contributed by atoms with Crippen LogP contribution in [-0.4, -0.2) is 88.9 Å². The molecule has 51 heavy (non-hydrogen) atoms. The van der Waals surface area contributed by atoms with E-state index >= 15 is 8.78 Å². The number of pyridine rings is 1.